The molecule has 1 N–H and O–H groups in total. The molecule has 2 heterocycles. The van der Waals surface area contributed by atoms with E-state index in [1.807, 2.05) is 42.5 Å². The van der Waals surface area contributed by atoms with E-state index in [1.54, 1.807) is 24.8 Å². The van der Waals surface area contributed by atoms with Crippen LogP contribution in [0.3, 0.4) is 0 Å². The van der Waals surface area contributed by atoms with Crippen molar-refractivity contribution < 1.29 is 27.5 Å². The lowest BCUT2D eigenvalue weighted by Gasteiger charge is -2.29. The van der Waals surface area contributed by atoms with Crippen LogP contribution in [0.4, 0.5) is 0 Å². The van der Waals surface area contributed by atoms with Crippen LogP contribution in [0.2, 0.25) is 5.02 Å². The second-order valence-electron chi connectivity index (χ2n) is 10.9. The Bertz CT molecular complexity index is 2200. The number of hydrogen-bond donors (Lipinski definition) is 1. The molecule has 4 aromatic carbocycles. The molecule has 0 radical (unpaired) electrons. The summed E-state index contributed by atoms with van der Waals surface area (Å²) >= 11 is 8.62. The van der Waals surface area contributed by atoms with Gasteiger partial charge in [0.2, 0.25) is 0 Å². The maximum absolute atomic E-state index is 14.2. The van der Waals surface area contributed by atoms with Crippen LogP contribution in [0, 0.1) is 10.5 Å². The van der Waals surface area contributed by atoms with Crippen molar-refractivity contribution >= 4 is 72.8 Å². The van der Waals surface area contributed by atoms with Gasteiger partial charge in [-0.1, -0.05) is 48.0 Å². The van der Waals surface area contributed by atoms with E-state index in [9.17, 15) is 22.8 Å². The Labute approximate surface area is 289 Å². The van der Waals surface area contributed by atoms with Gasteiger partial charge in [-0.15, -0.1) is 0 Å². The fraction of sp³-hybridized carbons (Fsp3) is 0.176. The van der Waals surface area contributed by atoms with Gasteiger partial charge in [0, 0.05) is 22.2 Å². The first-order valence-corrected chi connectivity index (χ1v) is 17.6. The van der Waals surface area contributed by atoms with Gasteiger partial charge >= 0.3 is 5.97 Å². The molecule has 2 amide bonds. The van der Waals surface area contributed by atoms with Gasteiger partial charge in [-0.3, -0.25) is 9.59 Å². The average molecular weight is 783 g/mol. The summed E-state index contributed by atoms with van der Waals surface area (Å²) in [5.74, 6) is -2.04. The Kier molecular flexibility index (Phi) is 9.09. The molecule has 0 spiro atoms. The molecule has 1 aliphatic rings. The highest BCUT2D eigenvalue weighted by Crippen LogP contribution is 2.29. The number of amides is 2. The largest absolute Gasteiger partial charge is 0.461 e. The van der Waals surface area contributed by atoms with Gasteiger partial charge in [0.25, 0.3) is 21.8 Å². The summed E-state index contributed by atoms with van der Waals surface area (Å²) in [6, 6.07) is 22.3. The predicted octanol–water partition coefficient (Wildman–Crippen LogP) is 6.09. The van der Waals surface area contributed by atoms with Crippen LogP contribution in [0.25, 0.3) is 16.5 Å². The number of ether oxygens (including phenoxy) is 1. The van der Waals surface area contributed by atoms with Crippen molar-refractivity contribution in [2.45, 2.75) is 31.7 Å². The van der Waals surface area contributed by atoms with Crippen molar-refractivity contribution in [2.75, 3.05) is 13.2 Å². The minimum atomic E-state index is -4.27. The van der Waals surface area contributed by atoms with E-state index >= 15 is 0 Å². The number of rotatable bonds is 7. The SMILES string of the molecule is CCOC(=O)c1nn(-c2ccc(C(=O)NS(=O)(=O)c3ccc4ccc(I)cc4c3)cc2C(=O)N2CCc3ccccc3C2)c(C)c1Cl. The summed E-state index contributed by atoms with van der Waals surface area (Å²) in [5.41, 5.74) is 2.68. The van der Waals surface area contributed by atoms with Crippen molar-refractivity contribution in [3.8, 4) is 5.69 Å². The van der Waals surface area contributed by atoms with E-state index in [0.717, 1.165) is 20.1 Å². The minimum Gasteiger partial charge on any atom is -0.461 e. The highest BCUT2D eigenvalue weighted by atomic mass is 127. The van der Waals surface area contributed by atoms with Crippen molar-refractivity contribution in [1.82, 2.24) is 19.4 Å². The molecule has 0 aliphatic carbocycles. The monoisotopic (exact) mass is 782 g/mol. The van der Waals surface area contributed by atoms with Crippen molar-refractivity contribution in [2.24, 2.45) is 0 Å². The van der Waals surface area contributed by atoms with E-state index in [4.69, 9.17) is 16.3 Å². The van der Waals surface area contributed by atoms with Gasteiger partial charge in [0.05, 0.1) is 33.5 Å². The first-order valence-electron chi connectivity index (χ1n) is 14.7. The molecular weight excluding hydrogens is 755 g/mol. The highest BCUT2D eigenvalue weighted by molar-refractivity contribution is 14.1. The lowest BCUT2D eigenvalue weighted by atomic mass is 9.98. The maximum Gasteiger partial charge on any atom is 0.360 e. The summed E-state index contributed by atoms with van der Waals surface area (Å²) in [6.07, 6.45) is 0.639. The number of halogens is 2. The van der Waals surface area contributed by atoms with Crippen LogP contribution < -0.4 is 4.72 Å². The zero-order valence-corrected chi connectivity index (χ0v) is 29.0. The molecule has 240 valence electrons. The third kappa shape index (κ3) is 6.49. The smallest absolute Gasteiger partial charge is 0.360 e. The quantitative estimate of drug-likeness (QED) is 0.157. The van der Waals surface area contributed by atoms with Crippen LogP contribution in [0.15, 0.2) is 83.8 Å². The zero-order valence-electron chi connectivity index (χ0n) is 25.3. The fourth-order valence-electron chi connectivity index (χ4n) is 5.52. The third-order valence-electron chi connectivity index (χ3n) is 7.96. The molecular formula is C34H28ClIN4O6S. The lowest BCUT2D eigenvalue weighted by Crippen LogP contribution is -2.37. The van der Waals surface area contributed by atoms with Gasteiger partial charge < -0.3 is 9.64 Å². The third-order valence-corrected chi connectivity index (χ3v) is 10.4. The highest BCUT2D eigenvalue weighted by Gasteiger charge is 2.29. The molecule has 10 nitrogen and oxygen atoms in total. The van der Waals surface area contributed by atoms with Crippen LogP contribution in [0.1, 0.15) is 54.9 Å². The van der Waals surface area contributed by atoms with Crippen LogP contribution in [0.5, 0.6) is 0 Å². The number of carbonyl (C=O) groups is 3. The first kappa shape index (κ1) is 32.7. The molecule has 5 aromatic rings. The summed E-state index contributed by atoms with van der Waals surface area (Å²) in [7, 11) is -4.27. The molecule has 0 atom stereocenters. The first-order chi connectivity index (χ1) is 22.5. The number of nitrogens with zero attached hydrogens (tertiary/aromatic N) is 3. The fourth-order valence-corrected chi connectivity index (χ4v) is 7.24. The topological polar surface area (TPSA) is 128 Å². The lowest BCUT2D eigenvalue weighted by molar-refractivity contribution is 0.0518. The minimum absolute atomic E-state index is 0.0602. The number of aromatic nitrogens is 2. The second-order valence-corrected chi connectivity index (χ2v) is 14.3. The van der Waals surface area contributed by atoms with Crippen molar-refractivity contribution in [3.63, 3.8) is 0 Å². The molecule has 13 heteroatoms. The molecule has 0 unspecified atom stereocenters. The molecule has 0 fully saturated rings. The van der Waals surface area contributed by atoms with E-state index in [0.29, 0.717) is 30.6 Å². The normalized spacial score (nSPS) is 12.9. The number of carbonyl (C=O) groups excluding carboxylic acids is 3. The molecule has 0 saturated heterocycles. The number of nitrogens with one attached hydrogen (secondary N) is 1. The second kappa shape index (κ2) is 13.1. The predicted molar refractivity (Wildman–Crippen MR) is 185 cm³/mol. The van der Waals surface area contributed by atoms with Gasteiger partial charge in [0.1, 0.15) is 0 Å². The Morgan fingerprint density at radius 2 is 1.72 bits per heavy atom. The van der Waals surface area contributed by atoms with Crippen molar-refractivity contribution in [1.29, 1.82) is 0 Å². The Balaban J connectivity index is 1.38. The number of esters is 1. The molecule has 1 aromatic heterocycles. The van der Waals surface area contributed by atoms with Crippen LogP contribution >= 0.6 is 34.2 Å². The van der Waals surface area contributed by atoms with Gasteiger partial charge in [0.15, 0.2) is 5.69 Å². The zero-order chi connectivity index (χ0) is 33.5. The maximum atomic E-state index is 14.2. The molecule has 0 bridgehead atoms. The molecule has 47 heavy (non-hydrogen) atoms. The van der Waals surface area contributed by atoms with E-state index < -0.39 is 27.8 Å². The van der Waals surface area contributed by atoms with Gasteiger partial charge in [-0.05, 0) is 107 Å². The molecule has 6 rings (SSSR count). The Hall–Kier alpha value is -4.27. The van der Waals surface area contributed by atoms with Crippen molar-refractivity contribution in [3.05, 3.63) is 121 Å². The van der Waals surface area contributed by atoms with E-state index in [-0.39, 0.29) is 39.0 Å². The number of benzene rings is 4. The van der Waals surface area contributed by atoms with Crippen LogP contribution in [-0.2, 0) is 27.7 Å². The number of hydrogen-bond acceptors (Lipinski definition) is 7. The summed E-state index contributed by atoms with van der Waals surface area (Å²) in [6.45, 7) is 4.18. The number of sulfonamides is 1. The van der Waals surface area contributed by atoms with Gasteiger partial charge in [-0.25, -0.2) is 22.6 Å². The van der Waals surface area contributed by atoms with E-state index in [2.05, 4.69) is 32.4 Å². The Morgan fingerprint density at radius 3 is 2.49 bits per heavy atom. The summed E-state index contributed by atoms with van der Waals surface area (Å²) in [5, 5.41) is 6.00. The molecule has 1 aliphatic heterocycles. The van der Waals surface area contributed by atoms with E-state index in [1.165, 1.54) is 35.0 Å². The molecule has 0 saturated carbocycles. The standard InChI is InChI=1S/C34H28ClIN4O6S/c1-3-46-34(43)31-30(35)20(2)40(37-31)29-13-10-23(18-28(29)33(42)39-15-14-21-6-4-5-7-24(21)19-39)32(41)38-47(44,45)27-12-9-22-8-11-26(36)16-25(22)17-27/h4-13,16-18H,3,14-15,19H2,1-2H3,(H,38,41). The van der Waals surface area contributed by atoms with Crippen LogP contribution in [-0.4, -0.2) is 54.0 Å². The Morgan fingerprint density at radius 1 is 0.979 bits per heavy atom. The number of fused-ring (bicyclic) bond motifs is 2. The average Bonchev–Trinajstić information content (AvgIpc) is 3.36. The van der Waals surface area contributed by atoms with Gasteiger partial charge in [-0.2, -0.15) is 5.10 Å². The summed E-state index contributed by atoms with van der Waals surface area (Å²) in [4.78, 5) is 41.8. The summed E-state index contributed by atoms with van der Waals surface area (Å²) < 4.78 is 36.2.